The molecule has 0 saturated carbocycles. The van der Waals surface area contributed by atoms with E-state index in [1.165, 1.54) is 16.7 Å². The van der Waals surface area contributed by atoms with E-state index in [9.17, 15) is 4.79 Å². The van der Waals surface area contributed by atoms with Gasteiger partial charge in [-0.2, -0.15) is 0 Å². The van der Waals surface area contributed by atoms with E-state index in [0.717, 1.165) is 10.9 Å². The van der Waals surface area contributed by atoms with Crippen LogP contribution in [0.3, 0.4) is 0 Å². The van der Waals surface area contributed by atoms with Gasteiger partial charge in [-0.15, -0.1) is 11.3 Å². The summed E-state index contributed by atoms with van der Waals surface area (Å²) in [7, 11) is 0. The quantitative estimate of drug-likeness (QED) is 0.663. The molecule has 3 heteroatoms. The van der Waals surface area contributed by atoms with Crippen LogP contribution in [0.15, 0.2) is 60.0 Å². The van der Waals surface area contributed by atoms with Crippen molar-refractivity contribution in [2.45, 2.75) is 6.61 Å². The van der Waals surface area contributed by atoms with E-state index in [0.29, 0.717) is 11.5 Å². The summed E-state index contributed by atoms with van der Waals surface area (Å²) < 4.78 is 5.29. The summed E-state index contributed by atoms with van der Waals surface area (Å²) >= 11 is 1.39. The maximum absolute atomic E-state index is 11.7. The minimum atomic E-state index is -0.261. The van der Waals surface area contributed by atoms with Gasteiger partial charge in [0.05, 0.1) is 0 Å². The molecule has 94 valence electrons. The van der Waals surface area contributed by atoms with Gasteiger partial charge < -0.3 is 4.74 Å². The van der Waals surface area contributed by atoms with Crippen molar-refractivity contribution < 1.29 is 9.53 Å². The van der Waals surface area contributed by atoms with Gasteiger partial charge >= 0.3 is 5.97 Å². The summed E-state index contributed by atoms with van der Waals surface area (Å²) in [6.07, 6.45) is 0. The molecular formula is C16H12O2S. The molecule has 3 rings (SSSR count). The second kappa shape index (κ2) is 5.24. The van der Waals surface area contributed by atoms with Crippen molar-refractivity contribution in [2.75, 3.05) is 0 Å². The van der Waals surface area contributed by atoms with Crippen LogP contribution in [0.1, 0.15) is 15.2 Å². The van der Waals surface area contributed by atoms with Crippen molar-refractivity contribution in [3.8, 4) is 0 Å². The fraction of sp³-hybridized carbons (Fsp3) is 0.0625. The number of fused-ring (bicyclic) bond motifs is 1. The number of esters is 1. The SMILES string of the molecule is O=C(OCc1ccc2ccccc2c1)c1cccs1. The third-order valence-electron chi connectivity index (χ3n) is 2.91. The maximum atomic E-state index is 11.7. The fourth-order valence-electron chi connectivity index (χ4n) is 1.94. The molecule has 0 aliphatic carbocycles. The molecule has 0 unspecified atom stereocenters. The Morgan fingerprint density at radius 3 is 2.63 bits per heavy atom. The first-order valence-electron chi connectivity index (χ1n) is 6.01. The highest BCUT2D eigenvalue weighted by Gasteiger charge is 2.07. The standard InChI is InChI=1S/C16H12O2S/c17-16(15-6-3-9-19-15)18-11-12-7-8-13-4-1-2-5-14(13)10-12/h1-10H,11H2. The number of rotatable bonds is 3. The molecule has 0 aliphatic rings. The molecule has 1 aromatic heterocycles. The zero-order chi connectivity index (χ0) is 13.1. The lowest BCUT2D eigenvalue weighted by Gasteiger charge is -2.05. The van der Waals surface area contributed by atoms with Gasteiger partial charge in [0.25, 0.3) is 0 Å². The molecule has 19 heavy (non-hydrogen) atoms. The van der Waals surface area contributed by atoms with Crippen LogP contribution in [-0.4, -0.2) is 5.97 Å². The van der Waals surface area contributed by atoms with Crippen molar-refractivity contribution in [3.05, 3.63) is 70.4 Å². The highest BCUT2D eigenvalue weighted by Crippen LogP contribution is 2.17. The molecule has 0 atom stereocenters. The molecule has 3 aromatic rings. The molecular weight excluding hydrogens is 256 g/mol. The summed E-state index contributed by atoms with van der Waals surface area (Å²) in [6, 6.07) is 17.8. The second-order valence-electron chi connectivity index (χ2n) is 4.23. The Morgan fingerprint density at radius 1 is 1.00 bits per heavy atom. The number of carbonyl (C=O) groups excluding carboxylic acids is 1. The molecule has 0 radical (unpaired) electrons. The zero-order valence-electron chi connectivity index (χ0n) is 10.2. The lowest BCUT2D eigenvalue weighted by molar-refractivity contribution is 0.0478. The number of benzene rings is 2. The van der Waals surface area contributed by atoms with E-state index in [1.807, 2.05) is 35.7 Å². The van der Waals surface area contributed by atoms with Gasteiger partial charge in [-0.1, -0.05) is 42.5 Å². The maximum Gasteiger partial charge on any atom is 0.348 e. The van der Waals surface area contributed by atoms with E-state index in [2.05, 4.69) is 18.2 Å². The first kappa shape index (κ1) is 11.9. The van der Waals surface area contributed by atoms with Gasteiger partial charge in [0.15, 0.2) is 0 Å². The van der Waals surface area contributed by atoms with Gasteiger partial charge in [0, 0.05) is 0 Å². The highest BCUT2D eigenvalue weighted by atomic mass is 32.1. The van der Waals surface area contributed by atoms with Crippen molar-refractivity contribution in [2.24, 2.45) is 0 Å². The fourth-order valence-corrected chi connectivity index (χ4v) is 2.56. The van der Waals surface area contributed by atoms with Crippen molar-refractivity contribution in [1.29, 1.82) is 0 Å². The molecule has 2 nitrogen and oxygen atoms in total. The predicted octanol–water partition coefficient (Wildman–Crippen LogP) is 4.26. The number of hydrogen-bond acceptors (Lipinski definition) is 3. The van der Waals surface area contributed by atoms with Gasteiger partial charge in [0.1, 0.15) is 11.5 Å². The third kappa shape index (κ3) is 2.66. The monoisotopic (exact) mass is 268 g/mol. The van der Waals surface area contributed by atoms with Crippen LogP contribution in [0.2, 0.25) is 0 Å². The number of ether oxygens (including phenoxy) is 1. The Kier molecular flexibility index (Phi) is 3.29. The molecule has 0 bridgehead atoms. The molecule has 0 saturated heterocycles. The Morgan fingerprint density at radius 2 is 1.84 bits per heavy atom. The Bertz CT molecular complexity index is 702. The van der Waals surface area contributed by atoms with E-state index < -0.39 is 0 Å². The van der Waals surface area contributed by atoms with Crippen LogP contribution in [0.5, 0.6) is 0 Å². The van der Waals surface area contributed by atoms with Crippen LogP contribution < -0.4 is 0 Å². The molecule has 0 N–H and O–H groups in total. The predicted molar refractivity (Wildman–Crippen MR) is 77.4 cm³/mol. The molecule has 0 fully saturated rings. The number of hydrogen-bond donors (Lipinski definition) is 0. The van der Waals surface area contributed by atoms with Gasteiger partial charge in [-0.3, -0.25) is 0 Å². The first-order chi connectivity index (χ1) is 9.33. The van der Waals surface area contributed by atoms with Crippen molar-refractivity contribution in [1.82, 2.24) is 0 Å². The third-order valence-corrected chi connectivity index (χ3v) is 3.76. The largest absolute Gasteiger partial charge is 0.457 e. The Balaban J connectivity index is 1.73. The lowest BCUT2D eigenvalue weighted by Crippen LogP contribution is -2.02. The Hall–Kier alpha value is -2.13. The van der Waals surface area contributed by atoms with E-state index in [-0.39, 0.29) is 5.97 Å². The van der Waals surface area contributed by atoms with Crippen molar-refractivity contribution in [3.63, 3.8) is 0 Å². The Labute approximate surface area is 115 Å². The molecule has 2 aromatic carbocycles. The smallest absolute Gasteiger partial charge is 0.348 e. The van der Waals surface area contributed by atoms with Gasteiger partial charge in [-0.05, 0) is 33.8 Å². The zero-order valence-corrected chi connectivity index (χ0v) is 11.0. The van der Waals surface area contributed by atoms with Crippen LogP contribution in [0.25, 0.3) is 10.8 Å². The normalized spacial score (nSPS) is 10.5. The number of carbonyl (C=O) groups is 1. The van der Waals surface area contributed by atoms with Gasteiger partial charge in [-0.25, -0.2) is 4.79 Å². The topological polar surface area (TPSA) is 26.3 Å². The lowest BCUT2D eigenvalue weighted by atomic mass is 10.1. The average molecular weight is 268 g/mol. The summed E-state index contributed by atoms with van der Waals surface area (Å²) in [4.78, 5) is 12.4. The first-order valence-corrected chi connectivity index (χ1v) is 6.89. The summed E-state index contributed by atoms with van der Waals surface area (Å²) in [5.74, 6) is -0.261. The minimum Gasteiger partial charge on any atom is -0.457 e. The van der Waals surface area contributed by atoms with Crippen LogP contribution in [0.4, 0.5) is 0 Å². The highest BCUT2D eigenvalue weighted by molar-refractivity contribution is 7.11. The van der Waals surface area contributed by atoms with E-state index >= 15 is 0 Å². The molecule has 0 aliphatic heterocycles. The summed E-state index contributed by atoms with van der Waals surface area (Å²) in [5, 5.41) is 4.22. The molecule has 1 heterocycles. The van der Waals surface area contributed by atoms with Gasteiger partial charge in [0.2, 0.25) is 0 Å². The van der Waals surface area contributed by atoms with E-state index in [1.54, 1.807) is 6.07 Å². The minimum absolute atomic E-state index is 0.261. The number of thiophene rings is 1. The average Bonchev–Trinajstić information content (AvgIpc) is 2.99. The van der Waals surface area contributed by atoms with E-state index in [4.69, 9.17) is 4.74 Å². The van der Waals surface area contributed by atoms with Crippen LogP contribution in [-0.2, 0) is 11.3 Å². The van der Waals surface area contributed by atoms with Crippen molar-refractivity contribution >= 4 is 28.1 Å². The second-order valence-corrected chi connectivity index (χ2v) is 5.18. The molecule has 0 amide bonds. The van der Waals surface area contributed by atoms with Crippen LogP contribution in [0, 0.1) is 0 Å². The van der Waals surface area contributed by atoms with Crippen LogP contribution >= 0.6 is 11.3 Å². The summed E-state index contributed by atoms with van der Waals surface area (Å²) in [5.41, 5.74) is 1.00. The summed E-state index contributed by atoms with van der Waals surface area (Å²) in [6.45, 7) is 0.307. The molecule has 0 spiro atoms.